The van der Waals surface area contributed by atoms with Crippen LogP contribution in [-0.4, -0.2) is 35.0 Å². The number of imidazole rings is 1. The van der Waals surface area contributed by atoms with Crippen LogP contribution in [0.25, 0.3) is 11.0 Å². The van der Waals surface area contributed by atoms with E-state index in [2.05, 4.69) is 15.3 Å². The first kappa shape index (κ1) is 17.5. The van der Waals surface area contributed by atoms with Crippen molar-refractivity contribution in [2.24, 2.45) is 0 Å². The molecule has 0 radical (unpaired) electrons. The molecule has 1 aromatic heterocycles. The highest BCUT2D eigenvalue weighted by atomic mass is 32.2. The number of benzene rings is 2. The number of nitrogens with zero attached hydrogens (tertiary/aromatic N) is 1. The van der Waals surface area contributed by atoms with E-state index < -0.39 is 0 Å². The molecule has 7 nitrogen and oxygen atoms in total. The van der Waals surface area contributed by atoms with E-state index in [4.69, 9.17) is 14.2 Å². The second-order valence-electron chi connectivity index (χ2n) is 6.09. The monoisotopic (exact) mass is 385 g/mol. The largest absolute Gasteiger partial charge is 0.497 e. The minimum Gasteiger partial charge on any atom is -0.497 e. The second kappa shape index (κ2) is 7.40. The summed E-state index contributed by atoms with van der Waals surface area (Å²) in [5.41, 5.74) is 2.68. The predicted octanol–water partition coefficient (Wildman–Crippen LogP) is 3.10. The summed E-state index contributed by atoms with van der Waals surface area (Å²) in [6.45, 7) is 2.52. The normalized spacial score (nSPS) is 13.6. The summed E-state index contributed by atoms with van der Waals surface area (Å²) in [7, 11) is 1.62. The Balaban J connectivity index is 1.36. The molecule has 1 aliphatic heterocycles. The highest BCUT2D eigenvalue weighted by molar-refractivity contribution is 8.00. The molecular weight excluding hydrogens is 366 g/mol. The van der Waals surface area contributed by atoms with Gasteiger partial charge in [-0.05, 0) is 36.8 Å². The number of carbonyl (C=O) groups excluding carboxylic acids is 1. The summed E-state index contributed by atoms with van der Waals surface area (Å²) < 4.78 is 15.9. The summed E-state index contributed by atoms with van der Waals surface area (Å²) in [5.74, 6) is 2.14. The van der Waals surface area contributed by atoms with Gasteiger partial charge in [-0.25, -0.2) is 4.98 Å². The van der Waals surface area contributed by atoms with Gasteiger partial charge in [0.15, 0.2) is 16.7 Å². The molecule has 2 heterocycles. The Morgan fingerprint density at radius 1 is 1.30 bits per heavy atom. The van der Waals surface area contributed by atoms with Gasteiger partial charge in [0.25, 0.3) is 0 Å². The van der Waals surface area contributed by atoms with Crippen LogP contribution < -0.4 is 19.5 Å². The zero-order valence-electron chi connectivity index (χ0n) is 14.9. The number of rotatable bonds is 6. The number of aromatic nitrogens is 2. The number of amides is 1. The zero-order valence-corrected chi connectivity index (χ0v) is 15.8. The molecule has 4 rings (SSSR count). The lowest BCUT2D eigenvalue weighted by molar-refractivity contribution is -0.120. The van der Waals surface area contributed by atoms with Crippen molar-refractivity contribution >= 4 is 28.7 Å². The molecule has 2 N–H and O–H groups in total. The topological polar surface area (TPSA) is 85.5 Å². The van der Waals surface area contributed by atoms with Gasteiger partial charge in [0.1, 0.15) is 5.75 Å². The summed E-state index contributed by atoms with van der Waals surface area (Å²) in [4.78, 5) is 20.1. The highest BCUT2D eigenvalue weighted by Gasteiger charge is 2.18. The van der Waals surface area contributed by atoms with Crippen molar-refractivity contribution in [3.8, 4) is 17.2 Å². The zero-order chi connectivity index (χ0) is 18.8. The summed E-state index contributed by atoms with van der Waals surface area (Å²) in [6, 6.07) is 11.3. The van der Waals surface area contributed by atoms with Crippen LogP contribution in [0.3, 0.4) is 0 Å². The number of thioether (sulfide) groups is 1. The molecule has 1 aliphatic rings. The average molecular weight is 385 g/mol. The summed E-state index contributed by atoms with van der Waals surface area (Å²) in [6.07, 6.45) is 0. The van der Waals surface area contributed by atoms with Gasteiger partial charge >= 0.3 is 0 Å². The molecule has 1 atom stereocenters. The number of ether oxygens (including phenoxy) is 3. The Hall–Kier alpha value is -2.87. The maximum Gasteiger partial charge on any atom is 0.233 e. The van der Waals surface area contributed by atoms with Crippen LogP contribution >= 0.6 is 11.8 Å². The van der Waals surface area contributed by atoms with E-state index >= 15 is 0 Å². The van der Waals surface area contributed by atoms with Gasteiger partial charge in [0.05, 0.1) is 23.4 Å². The number of fused-ring (bicyclic) bond motifs is 2. The summed E-state index contributed by atoms with van der Waals surface area (Å²) in [5, 5.41) is 3.35. The Kier molecular flexibility index (Phi) is 4.81. The molecule has 0 bridgehead atoms. The maximum absolute atomic E-state index is 12.4. The van der Waals surface area contributed by atoms with E-state index in [1.165, 1.54) is 11.8 Å². The fourth-order valence-corrected chi connectivity index (χ4v) is 3.60. The molecule has 1 amide bonds. The molecule has 140 valence electrons. The van der Waals surface area contributed by atoms with Crippen molar-refractivity contribution in [3.63, 3.8) is 0 Å². The van der Waals surface area contributed by atoms with E-state index in [9.17, 15) is 4.79 Å². The van der Waals surface area contributed by atoms with Crippen molar-refractivity contribution in [1.82, 2.24) is 15.3 Å². The van der Waals surface area contributed by atoms with E-state index in [-0.39, 0.29) is 18.0 Å². The lowest BCUT2D eigenvalue weighted by Crippen LogP contribution is -2.30. The first-order valence-electron chi connectivity index (χ1n) is 8.49. The SMILES string of the molecule is COc1ccc2nc(SC(C)C(=O)NCc3ccc4c(c3)OCO4)[nH]c2c1. The van der Waals surface area contributed by atoms with Gasteiger partial charge in [-0.2, -0.15) is 0 Å². The molecular formula is C19H19N3O4S. The second-order valence-corrected chi connectivity index (χ2v) is 7.42. The fourth-order valence-electron chi connectivity index (χ4n) is 2.75. The van der Waals surface area contributed by atoms with Crippen LogP contribution in [0.2, 0.25) is 0 Å². The third kappa shape index (κ3) is 3.80. The number of hydrogen-bond acceptors (Lipinski definition) is 6. The molecule has 0 saturated carbocycles. The number of carbonyl (C=O) groups is 1. The molecule has 1 unspecified atom stereocenters. The highest BCUT2D eigenvalue weighted by Crippen LogP contribution is 2.32. The molecule has 27 heavy (non-hydrogen) atoms. The third-order valence-corrected chi connectivity index (χ3v) is 5.21. The molecule has 0 fully saturated rings. The fraction of sp³-hybridized carbons (Fsp3) is 0.263. The molecule has 0 saturated heterocycles. The molecule has 0 spiro atoms. The number of methoxy groups -OCH3 is 1. The molecule has 2 aromatic carbocycles. The number of nitrogens with one attached hydrogen (secondary N) is 2. The van der Waals surface area contributed by atoms with Gasteiger partial charge in [-0.15, -0.1) is 0 Å². The maximum atomic E-state index is 12.4. The van der Waals surface area contributed by atoms with E-state index in [1.807, 2.05) is 43.3 Å². The van der Waals surface area contributed by atoms with Gasteiger partial charge in [0.2, 0.25) is 12.7 Å². The van der Waals surface area contributed by atoms with E-state index in [0.717, 1.165) is 28.1 Å². The van der Waals surface area contributed by atoms with Crippen molar-refractivity contribution in [1.29, 1.82) is 0 Å². The molecule has 8 heteroatoms. The van der Waals surface area contributed by atoms with Crippen LogP contribution in [0, 0.1) is 0 Å². The Morgan fingerprint density at radius 3 is 3.00 bits per heavy atom. The Labute approximate surface area is 160 Å². The Morgan fingerprint density at radius 2 is 2.15 bits per heavy atom. The van der Waals surface area contributed by atoms with Crippen LogP contribution in [0.4, 0.5) is 0 Å². The van der Waals surface area contributed by atoms with E-state index in [1.54, 1.807) is 7.11 Å². The van der Waals surface area contributed by atoms with E-state index in [0.29, 0.717) is 17.5 Å². The molecule has 3 aromatic rings. The van der Waals surface area contributed by atoms with Gasteiger partial charge in [-0.3, -0.25) is 4.79 Å². The standard InChI is InChI=1S/C19H19N3O4S/c1-11(27-19-21-14-5-4-13(24-2)8-15(14)22-19)18(23)20-9-12-3-6-16-17(7-12)26-10-25-16/h3-8,11H,9-10H2,1-2H3,(H,20,23)(H,21,22). The lowest BCUT2D eigenvalue weighted by atomic mass is 10.2. The smallest absolute Gasteiger partial charge is 0.233 e. The minimum absolute atomic E-state index is 0.0595. The van der Waals surface area contributed by atoms with Crippen molar-refractivity contribution in [2.45, 2.75) is 23.9 Å². The quantitative estimate of drug-likeness (QED) is 0.634. The van der Waals surface area contributed by atoms with Gasteiger partial charge in [0, 0.05) is 12.6 Å². The molecule has 0 aliphatic carbocycles. The Bertz CT molecular complexity index is 988. The number of aromatic amines is 1. The van der Waals surface area contributed by atoms with Crippen LogP contribution in [0.5, 0.6) is 17.2 Å². The van der Waals surface area contributed by atoms with Gasteiger partial charge in [-0.1, -0.05) is 17.8 Å². The third-order valence-electron chi connectivity index (χ3n) is 4.23. The first-order chi connectivity index (χ1) is 13.1. The number of hydrogen-bond donors (Lipinski definition) is 2. The van der Waals surface area contributed by atoms with Gasteiger partial charge < -0.3 is 24.5 Å². The first-order valence-corrected chi connectivity index (χ1v) is 9.37. The van der Waals surface area contributed by atoms with Crippen LogP contribution in [0.15, 0.2) is 41.6 Å². The van der Waals surface area contributed by atoms with Crippen molar-refractivity contribution in [3.05, 3.63) is 42.0 Å². The number of H-pyrrole nitrogens is 1. The summed E-state index contributed by atoms with van der Waals surface area (Å²) >= 11 is 1.38. The van der Waals surface area contributed by atoms with Crippen molar-refractivity contribution in [2.75, 3.05) is 13.9 Å². The van der Waals surface area contributed by atoms with Crippen LogP contribution in [0.1, 0.15) is 12.5 Å². The predicted molar refractivity (Wildman–Crippen MR) is 102 cm³/mol. The van der Waals surface area contributed by atoms with Crippen molar-refractivity contribution < 1.29 is 19.0 Å². The van der Waals surface area contributed by atoms with Crippen LogP contribution in [-0.2, 0) is 11.3 Å². The minimum atomic E-state index is -0.290. The lowest BCUT2D eigenvalue weighted by Gasteiger charge is -2.11. The average Bonchev–Trinajstić information content (AvgIpc) is 3.30.